The summed E-state index contributed by atoms with van der Waals surface area (Å²) in [7, 11) is -3.69. The number of aryl methyl sites for hydroxylation is 4. The second kappa shape index (κ2) is 9.20. The number of hydrogen-bond acceptors (Lipinski definition) is 4. The minimum absolute atomic E-state index is 0.0866. The lowest BCUT2D eigenvalue weighted by atomic mass is 10.1. The molecule has 7 nitrogen and oxygen atoms in total. The first kappa shape index (κ1) is 23.0. The fraction of sp³-hybridized carbons (Fsp3) is 0.391. The van der Waals surface area contributed by atoms with Gasteiger partial charge in [0.1, 0.15) is 0 Å². The van der Waals surface area contributed by atoms with E-state index in [1.165, 1.54) is 4.31 Å². The van der Waals surface area contributed by atoms with Crippen molar-refractivity contribution in [2.45, 2.75) is 51.5 Å². The molecule has 0 saturated carbocycles. The lowest BCUT2D eigenvalue weighted by molar-refractivity contribution is -0.136. The summed E-state index contributed by atoms with van der Waals surface area (Å²) in [5.41, 5.74) is 4.21. The zero-order valence-electron chi connectivity index (χ0n) is 18.4. The first-order valence-corrected chi connectivity index (χ1v) is 11.8. The zero-order chi connectivity index (χ0) is 22.8. The SMILES string of the molecule is Cc1ccc(C)c(S(=O)(=O)N2CCC[C@@H]2CNC(=O)C(=O)Nc2ccc(C)c(C)c2)c1. The molecule has 0 radical (unpaired) electrons. The van der Waals surface area contributed by atoms with Crippen LogP contribution in [0, 0.1) is 27.7 Å². The quantitative estimate of drug-likeness (QED) is 0.695. The number of carbonyl (C=O) groups excluding carboxylic acids is 2. The molecule has 8 heteroatoms. The Morgan fingerprint density at radius 3 is 2.39 bits per heavy atom. The van der Waals surface area contributed by atoms with Crippen LogP contribution in [-0.2, 0) is 19.6 Å². The van der Waals surface area contributed by atoms with E-state index in [4.69, 9.17) is 0 Å². The van der Waals surface area contributed by atoms with Gasteiger partial charge < -0.3 is 10.6 Å². The summed E-state index contributed by atoms with van der Waals surface area (Å²) in [6, 6.07) is 10.4. The number of nitrogens with one attached hydrogen (secondary N) is 2. The van der Waals surface area contributed by atoms with Gasteiger partial charge in [0.15, 0.2) is 0 Å². The topological polar surface area (TPSA) is 95.6 Å². The van der Waals surface area contributed by atoms with Gasteiger partial charge in [-0.3, -0.25) is 9.59 Å². The van der Waals surface area contributed by atoms with Crippen LogP contribution in [0.3, 0.4) is 0 Å². The molecule has 0 unspecified atom stereocenters. The smallest absolute Gasteiger partial charge is 0.313 e. The third-order valence-electron chi connectivity index (χ3n) is 5.72. The number of benzene rings is 2. The van der Waals surface area contributed by atoms with Gasteiger partial charge in [-0.15, -0.1) is 0 Å². The minimum Gasteiger partial charge on any atom is -0.346 e. The lowest BCUT2D eigenvalue weighted by Crippen LogP contribution is -2.45. The molecule has 2 aromatic rings. The normalized spacial score (nSPS) is 16.8. The molecular weight excluding hydrogens is 414 g/mol. The summed E-state index contributed by atoms with van der Waals surface area (Å²) in [5.74, 6) is -1.56. The Morgan fingerprint density at radius 2 is 1.68 bits per heavy atom. The Hall–Kier alpha value is -2.71. The molecule has 1 saturated heterocycles. The fourth-order valence-corrected chi connectivity index (χ4v) is 5.74. The van der Waals surface area contributed by atoms with Gasteiger partial charge in [-0.2, -0.15) is 4.31 Å². The third-order valence-corrected chi connectivity index (χ3v) is 7.82. The van der Waals surface area contributed by atoms with Crippen molar-refractivity contribution in [1.29, 1.82) is 0 Å². The predicted molar refractivity (Wildman–Crippen MR) is 120 cm³/mol. The van der Waals surface area contributed by atoms with Crippen LogP contribution in [-0.4, -0.2) is 43.7 Å². The number of anilines is 1. The highest BCUT2D eigenvalue weighted by molar-refractivity contribution is 7.89. The van der Waals surface area contributed by atoms with E-state index in [9.17, 15) is 18.0 Å². The van der Waals surface area contributed by atoms with E-state index < -0.39 is 21.8 Å². The van der Waals surface area contributed by atoms with Gasteiger partial charge in [0.25, 0.3) is 0 Å². The van der Waals surface area contributed by atoms with E-state index in [1.54, 1.807) is 31.2 Å². The molecule has 166 valence electrons. The molecule has 0 aromatic heterocycles. The van der Waals surface area contributed by atoms with E-state index in [0.717, 1.165) is 16.7 Å². The fourth-order valence-electron chi connectivity index (χ4n) is 3.74. The maximum atomic E-state index is 13.2. The van der Waals surface area contributed by atoms with Crippen LogP contribution in [0.5, 0.6) is 0 Å². The maximum absolute atomic E-state index is 13.2. The molecule has 1 heterocycles. The monoisotopic (exact) mass is 443 g/mol. The third kappa shape index (κ3) is 5.14. The van der Waals surface area contributed by atoms with Crippen molar-refractivity contribution < 1.29 is 18.0 Å². The largest absolute Gasteiger partial charge is 0.346 e. The minimum atomic E-state index is -3.69. The van der Waals surface area contributed by atoms with E-state index in [1.807, 2.05) is 32.9 Å². The highest BCUT2D eigenvalue weighted by Crippen LogP contribution is 2.28. The van der Waals surface area contributed by atoms with E-state index in [0.29, 0.717) is 35.5 Å². The second-order valence-corrected chi connectivity index (χ2v) is 10.0. The molecule has 1 aliphatic rings. The van der Waals surface area contributed by atoms with Crippen LogP contribution < -0.4 is 10.6 Å². The Morgan fingerprint density at radius 1 is 0.968 bits per heavy atom. The first-order valence-electron chi connectivity index (χ1n) is 10.3. The molecule has 2 aromatic carbocycles. The average Bonchev–Trinajstić information content (AvgIpc) is 3.20. The summed E-state index contributed by atoms with van der Waals surface area (Å²) < 4.78 is 27.9. The number of rotatable bonds is 5. The van der Waals surface area contributed by atoms with Crippen molar-refractivity contribution in [1.82, 2.24) is 9.62 Å². The van der Waals surface area contributed by atoms with E-state index in [2.05, 4.69) is 10.6 Å². The van der Waals surface area contributed by atoms with Gasteiger partial charge in [0.2, 0.25) is 10.0 Å². The Bertz CT molecular complexity index is 1110. The standard InChI is InChI=1S/C23H29N3O4S/c1-15-7-8-17(3)21(12-15)31(29,30)26-11-5-6-20(26)14-24-22(27)23(28)25-19-10-9-16(2)18(4)13-19/h7-10,12-13,20H,5-6,11,14H2,1-4H3,(H,24,27)(H,25,28)/t20-/m1/s1. The number of sulfonamides is 1. The van der Waals surface area contributed by atoms with Crippen LogP contribution in [0.2, 0.25) is 0 Å². The van der Waals surface area contributed by atoms with Crippen molar-refractivity contribution in [3.8, 4) is 0 Å². The second-order valence-electron chi connectivity index (χ2n) is 8.14. The molecular formula is C23H29N3O4S. The van der Waals surface area contributed by atoms with Crippen LogP contribution in [0.15, 0.2) is 41.3 Å². The predicted octanol–water partition coefficient (Wildman–Crippen LogP) is 2.83. The van der Waals surface area contributed by atoms with Gasteiger partial charge in [0.05, 0.1) is 4.90 Å². The molecule has 2 N–H and O–H groups in total. The summed E-state index contributed by atoms with van der Waals surface area (Å²) in [5, 5.41) is 5.18. The van der Waals surface area contributed by atoms with Gasteiger partial charge in [-0.1, -0.05) is 18.2 Å². The van der Waals surface area contributed by atoms with Crippen LogP contribution in [0.25, 0.3) is 0 Å². The van der Waals surface area contributed by atoms with Crippen LogP contribution in [0.4, 0.5) is 5.69 Å². The maximum Gasteiger partial charge on any atom is 0.313 e. The summed E-state index contributed by atoms with van der Waals surface area (Å²) in [4.78, 5) is 24.8. The molecule has 1 atom stereocenters. The molecule has 0 spiro atoms. The highest BCUT2D eigenvalue weighted by Gasteiger charge is 2.36. The highest BCUT2D eigenvalue weighted by atomic mass is 32.2. The first-order chi connectivity index (χ1) is 14.6. The van der Waals surface area contributed by atoms with Gasteiger partial charge in [0, 0.05) is 24.8 Å². The number of nitrogens with zero attached hydrogens (tertiary/aromatic N) is 1. The van der Waals surface area contributed by atoms with Gasteiger partial charge in [-0.25, -0.2) is 8.42 Å². The average molecular weight is 444 g/mol. The van der Waals surface area contributed by atoms with Crippen molar-refractivity contribution in [3.63, 3.8) is 0 Å². The Labute approximate surface area is 183 Å². The van der Waals surface area contributed by atoms with Crippen molar-refractivity contribution in [2.24, 2.45) is 0 Å². The molecule has 3 rings (SSSR count). The summed E-state index contributed by atoms with van der Waals surface area (Å²) in [6.07, 6.45) is 1.34. The Kier molecular flexibility index (Phi) is 6.81. The lowest BCUT2D eigenvalue weighted by Gasteiger charge is -2.25. The van der Waals surface area contributed by atoms with Crippen LogP contribution >= 0.6 is 0 Å². The number of carbonyl (C=O) groups is 2. The van der Waals surface area contributed by atoms with Crippen LogP contribution in [0.1, 0.15) is 35.1 Å². The number of amides is 2. The number of hydrogen-bond donors (Lipinski definition) is 2. The summed E-state index contributed by atoms with van der Waals surface area (Å²) >= 11 is 0. The van der Waals surface area contributed by atoms with Gasteiger partial charge in [-0.05, 0) is 81.0 Å². The molecule has 31 heavy (non-hydrogen) atoms. The van der Waals surface area contributed by atoms with Gasteiger partial charge >= 0.3 is 11.8 Å². The Balaban J connectivity index is 1.65. The van der Waals surface area contributed by atoms with E-state index >= 15 is 0 Å². The van der Waals surface area contributed by atoms with Crippen molar-refractivity contribution in [2.75, 3.05) is 18.4 Å². The molecule has 1 aliphatic heterocycles. The molecule has 0 aliphatic carbocycles. The van der Waals surface area contributed by atoms with Crippen molar-refractivity contribution >= 4 is 27.5 Å². The van der Waals surface area contributed by atoms with E-state index in [-0.39, 0.29) is 12.6 Å². The van der Waals surface area contributed by atoms with Crippen molar-refractivity contribution in [3.05, 3.63) is 58.7 Å². The summed E-state index contributed by atoms with van der Waals surface area (Å²) in [6.45, 7) is 8.00. The zero-order valence-corrected chi connectivity index (χ0v) is 19.2. The molecule has 1 fully saturated rings. The molecule has 2 amide bonds. The molecule has 0 bridgehead atoms.